The van der Waals surface area contributed by atoms with E-state index >= 15 is 0 Å². The van der Waals surface area contributed by atoms with Gasteiger partial charge in [0, 0.05) is 50.4 Å². The van der Waals surface area contributed by atoms with Crippen LogP contribution in [0.4, 0.5) is 28.4 Å². The van der Waals surface area contributed by atoms with Gasteiger partial charge < -0.3 is 16.0 Å². The fourth-order valence-electron chi connectivity index (χ4n) is 11.1. The van der Waals surface area contributed by atoms with E-state index in [2.05, 4.69) is 316 Å². The SMILES string of the molecule is CC(C)(C)c1ccc(-c2ccc(C3=NC(c4ccc(Nc5ccc(-c6cccc(-c7cc(-c8ccccc8)ccc7Nc7ccccc7)c6)cc5-c5cccc(-c6ccccc6)c5)cc4)Nc4c3ccc3ccccc43)cc2)cc1. The minimum Gasteiger partial charge on any atom is -0.359 e. The summed E-state index contributed by atoms with van der Waals surface area (Å²) in [4.78, 5) is 5.50. The molecule has 0 aromatic heterocycles. The first kappa shape index (κ1) is 49.5. The molecular formula is C76H60N4. The molecule has 0 amide bonds. The molecule has 1 unspecified atom stereocenters. The van der Waals surface area contributed by atoms with Crippen molar-refractivity contribution in [2.24, 2.45) is 4.99 Å². The van der Waals surface area contributed by atoms with Gasteiger partial charge in [-0.15, -0.1) is 0 Å². The van der Waals surface area contributed by atoms with Crippen LogP contribution < -0.4 is 16.0 Å². The average Bonchev–Trinajstić information content (AvgIpc) is 3.71. The van der Waals surface area contributed by atoms with Crippen LogP contribution in [0.25, 0.3) is 77.5 Å². The molecular weight excluding hydrogens is 969 g/mol. The lowest BCUT2D eigenvalue weighted by Crippen LogP contribution is -2.21. The molecule has 3 N–H and O–H groups in total. The molecule has 0 saturated heterocycles. The van der Waals surface area contributed by atoms with Crippen molar-refractivity contribution in [1.82, 2.24) is 0 Å². The summed E-state index contributed by atoms with van der Waals surface area (Å²) in [6, 6.07) is 103. The third-order valence-corrected chi connectivity index (χ3v) is 15.5. The third kappa shape index (κ3) is 10.3. The number of nitrogens with zero attached hydrogens (tertiary/aromatic N) is 1. The number of anilines is 5. The van der Waals surface area contributed by atoms with Gasteiger partial charge in [0.05, 0.1) is 11.4 Å². The van der Waals surface area contributed by atoms with Crippen molar-refractivity contribution in [2.45, 2.75) is 32.4 Å². The van der Waals surface area contributed by atoms with E-state index < -0.39 is 0 Å². The summed E-state index contributed by atoms with van der Waals surface area (Å²) in [7, 11) is 0. The lowest BCUT2D eigenvalue weighted by atomic mass is 9.86. The number of hydrogen-bond donors (Lipinski definition) is 3. The van der Waals surface area contributed by atoms with E-state index in [-0.39, 0.29) is 11.6 Å². The van der Waals surface area contributed by atoms with E-state index in [1.807, 2.05) is 6.07 Å². The zero-order valence-electron chi connectivity index (χ0n) is 45.2. The van der Waals surface area contributed by atoms with Crippen molar-refractivity contribution in [2.75, 3.05) is 16.0 Å². The van der Waals surface area contributed by atoms with Gasteiger partial charge in [-0.05, 0) is 138 Å². The zero-order valence-corrected chi connectivity index (χ0v) is 45.2. The highest BCUT2D eigenvalue weighted by molar-refractivity contribution is 6.20. The average molecular weight is 1030 g/mol. The maximum absolute atomic E-state index is 5.50. The Balaban J connectivity index is 0.842. The summed E-state index contributed by atoms with van der Waals surface area (Å²) < 4.78 is 0. The van der Waals surface area contributed by atoms with E-state index in [0.717, 1.165) is 84.2 Å². The van der Waals surface area contributed by atoms with Crippen LogP contribution in [0.3, 0.4) is 0 Å². The molecule has 4 heteroatoms. The fraction of sp³-hybridized carbons (Fsp3) is 0.0658. The normalized spacial score (nSPS) is 13.0. The van der Waals surface area contributed by atoms with Crippen LogP contribution in [0, 0.1) is 0 Å². The van der Waals surface area contributed by atoms with Crippen molar-refractivity contribution < 1.29 is 0 Å². The highest BCUT2D eigenvalue weighted by Gasteiger charge is 2.25. The molecule has 0 aliphatic carbocycles. The molecule has 1 aliphatic rings. The van der Waals surface area contributed by atoms with Gasteiger partial charge in [-0.1, -0.05) is 245 Å². The minimum absolute atomic E-state index is 0.105. The Bertz CT molecular complexity index is 4200. The van der Waals surface area contributed by atoms with E-state index in [4.69, 9.17) is 4.99 Å². The topological polar surface area (TPSA) is 48.5 Å². The number of fused-ring (bicyclic) bond motifs is 3. The first-order chi connectivity index (χ1) is 39.2. The summed E-state index contributed by atoms with van der Waals surface area (Å²) in [6.07, 6.45) is -0.306. The number of rotatable bonds is 12. The molecule has 384 valence electrons. The fourth-order valence-corrected chi connectivity index (χ4v) is 11.1. The molecule has 0 radical (unpaired) electrons. The quantitative estimate of drug-likeness (QED) is 0.114. The Morgan fingerprint density at radius 2 is 0.775 bits per heavy atom. The Hall–Kier alpha value is -10.0. The predicted molar refractivity (Wildman–Crippen MR) is 340 cm³/mol. The van der Waals surface area contributed by atoms with Crippen LogP contribution in [0.1, 0.15) is 49.2 Å². The first-order valence-electron chi connectivity index (χ1n) is 27.6. The summed E-state index contributed by atoms with van der Waals surface area (Å²) >= 11 is 0. The number of benzene rings is 12. The molecule has 1 heterocycles. The van der Waals surface area contributed by atoms with Crippen molar-refractivity contribution in [1.29, 1.82) is 0 Å². The second-order valence-electron chi connectivity index (χ2n) is 21.8. The molecule has 4 nitrogen and oxygen atoms in total. The molecule has 12 aromatic carbocycles. The van der Waals surface area contributed by atoms with E-state index in [1.165, 1.54) is 49.7 Å². The molecule has 0 saturated carbocycles. The predicted octanol–water partition coefficient (Wildman–Crippen LogP) is 20.6. The summed E-state index contributed by atoms with van der Waals surface area (Å²) in [5.74, 6) is 0. The number of aliphatic imine (C=N–C) groups is 1. The molecule has 13 rings (SSSR count). The Morgan fingerprint density at radius 3 is 1.36 bits per heavy atom. The summed E-state index contributed by atoms with van der Waals surface area (Å²) in [5, 5.41) is 13.8. The van der Waals surface area contributed by atoms with Crippen LogP contribution in [-0.4, -0.2) is 5.71 Å². The summed E-state index contributed by atoms with van der Waals surface area (Å²) in [5.41, 5.74) is 24.7. The van der Waals surface area contributed by atoms with Crippen molar-refractivity contribution in [3.63, 3.8) is 0 Å². The lowest BCUT2D eigenvalue weighted by molar-refractivity contribution is 0.590. The van der Waals surface area contributed by atoms with Crippen LogP contribution in [0.5, 0.6) is 0 Å². The Labute approximate surface area is 469 Å². The largest absolute Gasteiger partial charge is 0.359 e. The number of hydrogen-bond acceptors (Lipinski definition) is 4. The molecule has 12 aromatic rings. The standard InChI is InChI=1S/C76H60N4/c1-76(2,3)64-40-33-54(34-41-64)53-29-31-56(32-30-53)73-68-44-37-55-21-13-14-28-67(55)74(68)80-75(79-73)57-35-42-66(43-36-57)78-72-46-39-61(50-70(72)62-24-15-22-58(47-62)51-17-7-4-8-18-51)59-23-16-25-63(48-59)69-49-60(52-19-9-5-10-20-52)38-45-71(69)77-65-26-11-6-12-27-65/h4-50,75,77-78,80H,1-3H3. The molecule has 80 heavy (non-hydrogen) atoms. The molecule has 0 bridgehead atoms. The molecule has 1 atom stereocenters. The van der Waals surface area contributed by atoms with Gasteiger partial charge in [-0.25, -0.2) is 0 Å². The van der Waals surface area contributed by atoms with E-state index in [9.17, 15) is 0 Å². The highest BCUT2D eigenvalue weighted by atomic mass is 15.1. The lowest BCUT2D eigenvalue weighted by Gasteiger charge is -2.28. The highest BCUT2D eigenvalue weighted by Crippen LogP contribution is 2.42. The van der Waals surface area contributed by atoms with E-state index in [1.54, 1.807) is 0 Å². The maximum Gasteiger partial charge on any atom is 0.145 e. The van der Waals surface area contributed by atoms with Gasteiger partial charge in [-0.2, -0.15) is 0 Å². The van der Waals surface area contributed by atoms with Crippen LogP contribution >= 0.6 is 0 Å². The molecule has 0 spiro atoms. The van der Waals surface area contributed by atoms with Crippen LogP contribution in [0.2, 0.25) is 0 Å². The van der Waals surface area contributed by atoms with Gasteiger partial charge in [0.1, 0.15) is 6.17 Å². The monoisotopic (exact) mass is 1030 g/mol. The van der Waals surface area contributed by atoms with Gasteiger partial charge in [-0.3, -0.25) is 4.99 Å². The van der Waals surface area contributed by atoms with Crippen LogP contribution in [-0.2, 0) is 5.41 Å². The van der Waals surface area contributed by atoms with Crippen molar-refractivity contribution >= 4 is 44.9 Å². The molecule has 1 aliphatic heterocycles. The third-order valence-electron chi connectivity index (χ3n) is 15.5. The Kier molecular flexibility index (Phi) is 13.3. The Morgan fingerprint density at radius 1 is 0.338 bits per heavy atom. The zero-order chi connectivity index (χ0) is 54.0. The second kappa shape index (κ2) is 21.4. The van der Waals surface area contributed by atoms with Gasteiger partial charge >= 0.3 is 0 Å². The maximum atomic E-state index is 5.50. The van der Waals surface area contributed by atoms with Crippen molar-refractivity contribution in [3.05, 3.63) is 307 Å². The van der Waals surface area contributed by atoms with Gasteiger partial charge in [0.25, 0.3) is 0 Å². The number of para-hydroxylation sites is 1. The van der Waals surface area contributed by atoms with Gasteiger partial charge in [0.15, 0.2) is 0 Å². The van der Waals surface area contributed by atoms with E-state index in [0.29, 0.717) is 0 Å². The van der Waals surface area contributed by atoms with Gasteiger partial charge in [0.2, 0.25) is 0 Å². The molecule has 0 fully saturated rings. The summed E-state index contributed by atoms with van der Waals surface area (Å²) in [6.45, 7) is 6.77. The van der Waals surface area contributed by atoms with Crippen molar-refractivity contribution in [3.8, 4) is 66.8 Å². The smallest absolute Gasteiger partial charge is 0.145 e. The first-order valence-corrected chi connectivity index (χ1v) is 27.6. The van der Waals surface area contributed by atoms with Crippen LogP contribution in [0.15, 0.2) is 290 Å². The minimum atomic E-state index is -0.306. The number of nitrogens with one attached hydrogen (secondary N) is 3. The second-order valence-corrected chi connectivity index (χ2v) is 21.8.